The quantitative estimate of drug-likeness (QED) is 0.751. The van der Waals surface area contributed by atoms with Crippen LogP contribution in [0.5, 0.6) is 0 Å². The summed E-state index contributed by atoms with van der Waals surface area (Å²) in [5.41, 5.74) is 3.64. The number of carbonyl (C=O) groups excluding carboxylic acids is 1. The molecule has 0 saturated carbocycles. The first kappa shape index (κ1) is 11.7. The third-order valence-electron chi connectivity index (χ3n) is 2.84. The van der Waals surface area contributed by atoms with Crippen molar-refractivity contribution in [3.05, 3.63) is 35.0 Å². The summed E-state index contributed by atoms with van der Waals surface area (Å²) in [5.74, 6) is -0.176. The Morgan fingerprint density at radius 3 is 2.88 bits per heavy atom. The third-order valence-corrected chi connectivity index (χ3v) is 2.84. The van der Waals surface area contributed by atoms with E-state index in [1.165, 1.54) is 5.56 Å². The highest BCUT2D eigenvalue weighted by Crippen LogP contribution is 2.22. The van der Waals surface area contributed by atoms with Gasteiger partial charge in [0, 0.05) is 17.4 Å². The summed E-state index contributed by atoms with van der Waals surface area (Å²) < 4.78 is 0. The fourth-order valence-corrected chi connectivity index (χ4v) is 1.93. The van der Waals surface area contributed by atoms with E-state index in [4.69, 9.17) is 5.11 Å². The first-order chi connectivity index (χ1) is 8.13. The molecule has 0 fully saturated rings. The summed E-state index contributed by atoms with van der Waals surface area (Å²) in [6.45, 7) is 4.17. The second-order valence-corrected chi connectivity index (χ2v) is 4.15. The number of amides is 1. The van der Waals surface area contributed by atoms with Crippen molar-refractivity contribution in [3.8, 4) is 0 Å². The van der Waals surface area contributed by atoms with E-state index in [1.807, 2.05) is 26.0 Å². The van der Waals surface area contributed by atoms with E-state index >= 15 is 0 Å². The number of hydrogen-bond acceptors (Lipinski definition) is 2. The predicted octanol–water partition coefficient (Wildman–Crippen LogP) is 1.51. The van der Waals surface area contributed by atoms with Gasteiger partial charge < -0.3 is 15.4 Å². The highest BCUT2D eigenvalue weighted by Gasteiger charge is 2.13. The van der Waals surface area contributed by atoms with Gasteiger partial charge in [-0.15, -0.1) is 0 Å². The van der Waals surface area contributed by atoms with Crippen LogP contribution in [0.4, 0.5) is 0 Å². The standard InChI is InChI=1S/C13H16N2O2/c1-8-3-4-11-10(7-8)9(2)12(15-11)13(17)14-5-6-16/h3-4,7,15-16H,5-6H2,1-2H3,(H,14,17). The molecular weight excluding hydrogens is 216 g/mol. The van der Waals surface area contributed by atoms with Crippen molar-refractivity contribution >= 4 is 16.8 Å². The van der Waals surface area contributed by atoms with Crippen LogP contribution in [0.1, 0.15) is 21.6 Å². The molecule has 0 saturated heterocycles. The fourth-order valence-electron chi connectivity index (χ4n) is 1.93. The van der Waals surface area contributed by atoms with Gasteiger partial charge in [0.05, 0.1) is 6.61 Å². The number of aliphatic hydroxyl groups is 1. The van der Waals surface area contributed by atoms with Crippen LogP contribution in [0.15, 0.2) is 18.2 Å². The van der Waals surface area contributed by atoms with Crippen molar-refractivity contribution in [2.75, 3.05) is 13.2 Å². The molecule has 1 amide bonds. The van der Waals surface area contributed by atoms with Gasteiger partial charge in [0.2, 0.25) is 0 Å². The Morgan fingerprint density at radius 1 is 1.41 bits per heavy atom. The van der Waals surface area contributed by atoms with Gasteiger partial charge in [0.1, 0.15) is 5.69 Å². The lowest BCUT2D eigenvalue weighted by Gasteiger charge is -2.01. The average molecular weight is 232 g/mol. The monoisotopic (exact) mass is 232 g/mol. The molecule has 0 radical (unpaired) electrons. The van der Waals surface area contributed by atoms with Crippen molar-refractivity contribution in [3.63, 3.8) is 0 Å². The fraction of sp³-hybridized carbons (Fsp3) is 0.308. The lowest BCUT2D eigenvalue weighted by molar-refractivity contribution is 0.0940. The molecule has 2 rings (SSSR count). The molecule has 0 atom stereocenters. The highest BCUT2D eigenvalue weighted by atomic mass is 16.3. The summed E-state index contributed by atoms with van der Waals surface area (Å²) in [6, 6.07) is 6.04. The Kier molecular flexibility index (Phi) is 3.15. The van der Waals surface area contributed by atoms with Crippen LogP contribution >= 0.6 is 0 Å². The number of aromatic amines is 1. The summed E-state index contributed by atoms with van der Waals surface area (Å²) in [4.78, 5) is 14.9. The Hall–Kier alpha value is -1.81. The number of rotatable bonds is 3. The lowest BCUT2D eigenvalue weighted by Crippen LogP contribution is -2.27. The SMILES string of the molecule is Cc1ccc2[nH]c(C(=O)NCCO)c(C)c2c1. The molecule has 0 bridgehead atoms. The second-order valence-electron chi connectivity index (χ2n) is 4.15. The smallest absolute Gasteiger partial charge is 0.268 e. The number of benzene rings is 1. The molecule has 0 spiro atoms. The van der Waals surface area contributed by atoms with Gasteiger partial charge in [0.15, 0.2) is 0 Å². The largest absolute Gasteiger partial charge is 0.395 e. The Bertz CT molecular complexity index is 558. The molecular formula is C13H16N2O2. The number of aliphatic hydroxyl groups excluding tert-OH is 1. The third kappa shape index (κ3) is 2.17. The van der Waals surface area contributed by atoms with E-state index in [0.717, 1.165) is 16.5 Å². The van der Waals surface area contributed by atoms with Crippen molar-refractivity contribution in [2.24, 2.45) is 0 Å². The van der Waals surface area contributed by atoms with Gasteiger partial charge in [-0.1, -0.05) is 11.6 Å². The van der Waals surface area contributed by atoms with Crippen LogP contribution in [0.2, 0.25) is 0 Å². The number of aromatic nitrogens is 1. The summed E-state index contributed by atoms with van der Waals surface area (Å²) in [7, 11) is 0. The molecule has 17 heavy (non-hydrogen) atoms. The van der Waals surface area contributed by atoms with Crippen molar-refractivity contribution in [2.45, 2.75) is 13.8 Å². The summed E-state index contributed by atoms with van der Waals surface area (Å²) >= 11 is 0. The van der Waals surface area contributed by atoms with E-state index in [2.05, 4.69) is 16.4 Å². The number of carbonyl (C=O) groups is 1. The first-order valence-electron chi connectivity index (χ1n) is 5.61. The minimum absolute atomic E-state index is 0.0515. The van der Waals surface area contributed by atoms with Crippen LogP contribution in [0.3, 0.4) is 0 Å². The van der Waals surface area contributed by atoms with Gasteiger partial charge in [-0.05, 0) is 31.5 Å². The van der Waals surface area contributed by atoms with E-state index in [-0.39, 0.29) is 19.1 Å². The Morgan fingerprint density at radius 2 is 2.18 bits per heavy atom. The van der Waals surface area contributed by atoms with E-state index in [0.29, 0.717) is 5.69 Å². The molecule has 0 aliphatic rings. The van der Waals surface area contributed by atoms with Gasteiger partial charge in [-0.25, -0.2) is 0 Å². The Labute approximate surface area is 99.7 Å². The highest BCUT2D eigenvalue weighted by molar-refractivity contribution is 6.00. The van der Waals surface area contributed by atoms with Crippen molar-refractivity contribution < 1.29 is 9.90 Å². The van der Waals surface area contributed by atoms with Gasteiger partial charge in [-0.3, -0.25) is 4.79 Å². The van der Waals surface area contributed by atoms with Crippen LogP contribution in [0, 0.1) is 13.8 Å². The van der Waals surface area contributed by atoms with Crippen LogP contribution in [-0.2, 0) is 0 Å². The number of H-pyrrole nitrogens is 1. The van der Waals surface area contributed by atoms with E-state index in [9.17, 15) is 4.79 Å². The zero-order valence-electron chi connectivity index (χ0n) is 10.0. The van der Waals surface area contributed by atoms with Gasteiger partial charge in [-0.2, -0.15) is 0 Å². The maximum atomic E-state index is 11.8. The normalized spacial score (nSPS) is 10.8. The van der Waals surface area contributed by atoms with Crippen LogP contribution < -0.4 is 5.32 Å². The van der Waals surface area contributed by atoms with Crippen molar-refractivity contribution in [1.29, 1.82) is 0 Å². The molecule has 4 heteroatoms. The lowest BCUT2D eigenvalue weighted by atomic mass is 10.1. The number of hydrogen-bond donors (Lipinski definition) is 3. The molecule has 0 unspecified atom stereocenters. The number of aryl methyl sites for hydroxylation is 2. The average Bonchev–Trinajstić information content (AvgIpc) is 2.64. The molecule has 0 aliphatic heterocycles. The molecule has 3 N–H and O–H groups in total. The molecule has 1 aromatic heterocycles. The maximum Gasteiger partial charge on any atom is 0.268 e. The van der Waals surface area contributed by atoms with Crippen LogP contribution in [0.25, 0.3) is 10.9 Å². The van der Waals surface area contributed by atoms with Crippen molar-refractivity contribution in [1.82, 2.24) is 10.3 Å². The number of fused-ring (bicyclic) bond motifs is 1. The molecule has 1 aromatic carbocycles. The molecule has 0 aliphatic carbocycles. The van der Waals surface area contributed by atoms with Crippen LogP contribution in [-0.4, -0.2) is 29.1 Å². The zero-order valence-corrected chi connectivity index (χ0v) is 10.0. The summed E-state index contributed by atoms with van der Waals surface area (Å²) in [6.07, 6.45) is 0. The second kappa shape index (κ2) is 4.59. The molecule has 2 aromatic rings. The minimum Gasteiger partial charge on any atom is -0.395 e. The maximum absolute atomic E-state index is 11.8. The first-order valence-corrected chi connectivity index (χ1v) is 5.61. The van der Waals surface area contributed by atoms with Gasteiger partial charge >= 0.3 is 0 Å². The van der Waals surface area contributed by atoms with E-state index < -0.39 is 0 Å². The summed E-state index contributed by atoms with van der Waals surface area (Å²) in [5, 5.41) is 12.4. The zero-order chi connectivity index (χ0) is 12.4. The molecule has 90 valence electrons. The minimum atomic E-state index is -0.176. The molecule has 4 nitrogen and oxygen atoms in total. The predicted molar refractivity (Wildman–Crippen MR) is 67.2 cm³/mol. The topological polar surface area (TPSA) is 65.1 Å². The van der Waals surface area contributed by atoms with Gasteiger partial charge in [0.25, 0.3) is 5.91 Å². The number of nitrogens with one attached hydrogen (secondary N) is 2. The van der Waals surface area contributed by atoms with E-state index in [1.54, 1.807) is 0 Å². The Balaban J connectivity index is 2.42. The molecule has 1 heterocycles.